The number of carbonyl (C=O) groups excluding carboxylic acids is 2. The van der Waals surface area contributed by atoms with Crippen LogP contribution in [0.15, 0.2) is 115 Å². The first-order valence-electron chi connectivity index (χ1n) is 11.7. The summed E-state index contributed by atoms with van der Waals surface area (Å²) in [6.45, 7) is 1.96. The Kier molecular flexibility index (Phi) is 6.09. The van der Waals surface area contributed by atoms with Gasteiger partial charge in [-0.25, -0.2) is 0 Å². The van der Waals surface area contributed by atoms with Crippen LogP contribution in [0, 0.1) is 5.92 Å². The molecule has 3 atom stereocenters. The molecule has 0 unspecified atom stereocenters. The molecule has 1 fully saturated rings. The van der Waals surface area contributed by atoms with Gasteiger partial charge in [0.1, 0.15) is 0 Å². The Morgan fingerprint density at radius 3 is 1.71 bits per heavy atom. The van der Waals surface area contributed by atoms with Gasteiger partial charge >= 0.3 is 0 Å². The third-order valence-electron chi connectivity index (χ3n) is 6.75. The fourth-order valence-electron chi connectivity index (χ4n) is 4.93. The van der Waals surface area contributed by atoms with E-state index in [0.29, 0.717) is 11.1 Å². The van der Waals surface area contributed by atoms with Gasteiger partial charge in [0.25, 0.3) is 5.91 Å². The highest BCUT2D eigenvalue weighted by molar-refractivity contribution is 6.04. The molecule has 0 saturated heterocycles. The summed E-state index contributed by atoms with van der Waals surface area (Å²) in [6.07, 6.45) is 0. The Hall–Kier alpha value is -3.98. The molecule has 1 aliphatic carbocycles. The van der Waals surface area contributed by atoms with E-state index in [1.807, 2.05) is 79.7 Å². The van der Waals surface area contributed by atoms with Crippen LogP contribution in [0.3, 0.4) is 0 Å². The lowest BCUT2D eigenvalue weighted by molar-refractivity contribution is 0.0940. The van der Waals surface area contributed by atoms with Crippen LogP contribution in [-0.2, 0) is 0 Å². The lowest BCUT2D eigenvalue weighted by atomic mass is 10.00. The Balaban J connectivity index is 1.38. The first-order chi connectivity index (χ1) is 16.6. The molecule has 3 heteroatoms. The van der Waals surface area contributed by atoms with Crippen molar-refractivity contribution < 1.29 is 9.59 Å². The lowest BCUT2D eigenvalue weighted by Gasteiger charge is -2.14. The number of carbonyl (C=O) groups is 2. The Morgan fingerprint density at radius 1 is 0.647 bits per heavy atom. The zero-order valence-corrected chi connectivity index (χ0v) is 19.1. The fourth-order valence-corrected chi connectivity index (χ4v) is 4.93. The number of ketones is 1. The molecule has 1 aliphatic rings. The van der Waals surface area contributed by atoms with Crippen molar-refractivity contribution in [2.45, 2.75) is 24.8 Å². The quantitative estimate of drug-likeness (QED) is 0.328. The molecule has 0 radical (unpaired) electrons. The number of amides is 1. The maximum atomic E-state index is 13.7. The molecule has 34 heavy (non-hydrogen) atoms. The van der Waals surface area contributed by atoms with Crippen molar-refractivity contribution in [2.24, 2.45) is 5.92 Å². The smallest absolute Gasteiger partial charge is 0.251 e. The molecular formula is C31H27NO2. The number of benzene rings is 4. The predicted octanol–water partition coefficient (Wildman–Crippen LogP) is 6.56. The van der Waals surface area contributed by atoms with E-state index in [2.05, 4.69) is 29.6 Å². The van der Waals surface area contributed by atoms with Gasteiger partial charge in [0.2, 0.25) is 0 Å². The van der Waals surface area contributed by atoms with Gasteiger partial charge < -0.3 is 5.32 Å². The van der Waals surface area contributed by atoms with E-state index < -0.39 is 0 Å². The van der Waals surface area contributed by atoms with Gasteiger partial charge in [-0.2, -0.15) is 0 Å². The minimum Gasteiger partial charge on any atom is -0.346 e. The van der Waals surface area contributed by atoms with Crippen molar-refractivity contribution in [3.63, 3.8) is 0 Å². The summed E-state index contributed by atoms with van der Waals surface area (Å²) in [5.41, 5.74) is 4.49. The average Bonchev–Trinajstić information content (AvgIpc) is 3.65. The summed E-state index contributed by atoms with van der Waals surface area (Å²) >= 11 is 0. The highest BCUT2D eigenvalue weighted by atomic mass is 16.1. The number of hydrogen-bond donors (Lipinski definition) is 1. The molecule has 1 saturated carbocycles. The topological polar surface area (TPSA) is 46.2 Å². The van der Waals surface area contributed by atoms with Crippen molar-refractivity contribution in [2.75, 3.05) is 0 Å². The minimum absolute atomic E-state index is 0.0912. The van der Waals surface area contributed by atoms with Gasteiger partial charge in [-0.3, -0.25) is 9.59 Å². The van der Waals surface area contributed by atoms with E-state index in [9.17, 15) is 9.59 Å². The van der Waals surface area contributed by atoms with Gasteiger partial charge in [-0.05, 0) is 35.7 Å². The molecule has 168 valence electrons. The summed E-state index contributed by atoms with van der Waals surface area (Å²) in [4.78, 5) is 26.6. The highest BCUT2D eigenvalue weighted by Gasteiger charge is 2.55. The van der Waals surface area contributed by atoms with Crippen LogP contribution in [0.2, 0.25) is 0 Å². The van der Waals surface area contributed by atoms with Crippen LogP contribution in [0.4, 0.5) is 0 Å². The van der Waals surface area contributed by atoms with Crippen LogP contribution in [-0.4, -0.2) is 11.7 Å². The van der Waals surface area contributed by atoms with Crippen LogP contribution >= 0.6 is 0 Å². The van der Waals surface area contributed by atoms with E-state index >= 15 is 0 Å². The molecule has 4 aromatic carbocycles. The van der Waals surface area contributed by atoms with Gasteiger partial charge in [-0.15, -0.1) is 0 Å². The Bertz CT molecular complexity index is 1240. The number of hydrogen-bond acceptors (Lipinski definition) is 2. The van der Waals surface area contributed by atoms with Gasteiger partial charge in [0, 0.05) is 28.9 Å². The van der Waals surface area contributed by atoms with E-state index in [0.717, 1.165) is 5.56 Å². The van der Waals surface area contributed by atoms with Crippen LogP contribution in [0.5, 0.6) is 0 Å². The summed E-state index contributed by atoms with van der Waals surface area (Å²) in [7, 11) is 0. The van der Waals surface area contributed by atoms with Crippen molar-refractivity contribution in [1.82, 2.24) is 5.32 Å². The molecule has 0 spiro atoms. The zero-order valence-electron chi connectivity index (χ0n) is 19.1. The van der Waals surface area contributed by atoms with Crippen molar-refractivity contribution >= 4 is 11.7 Å². The van der Waals surface area contributed by atoms with E-state index in [1.54, 1.807) is 18.2 Å². The van der Waals surface area contributed by atoms with Crippen molar-refractivity contribution in [3.05, 3.63) is 143 Å². The molecule has 3 nitrogen and oxygen atoms in total. The molecule has 0 bridgehead atoms. The summed E-state index contributed by atoms with van der Waals surface area (Å²) in [5.74, 6) is 0.0687. The van der Waals surface area contributed by atoms with Crippen LogP contribution in [0.25, 0.3) is 0 Å². The van der Waals surface area contributed by atoms with Crippen LogP contribution in [0.1, 0.15) is 62.2 Å². The fraction of sp³-hybridized carbons (Fsp3) is 0.161. The summed E-state index contributed by atoms with van der Waals surface area (Å²) in [6, 6.07) is 37.3. The van der Waals surface area contributed by atoms with Gasteiger partial charge in [0.15, 0.2) is 5.78 Å². The lowest BCUT2D eigenvalue weighted by Crippen LogP contribution is -2.26. The van der Waals surface area contributed by atoms with Crippen molar-refractivity contribution in [3.8, 4) is 0 Å². The maximum absolute atomic E-state index is 13.7. The standard InChI is InChI=1S/C31H27NO2/c1-21(22-12-5-2-6-13-22)32-31(34)26-19-11-18-25(20-26)30(33)29-27(23-14-7-3-8-15-23)28(29)24-16-9-4-10-17-24/h2-21,27-29H,1H3,(H,32,34)/t21-,27-,28-/m0/s1. The molecule has 1 amide bonds. The third kappa shape index (κ3) is 4.42. The molecule has 5 rings (SSSR count). The first kappa shape index (κ1) is 21.8. The first-order valence-corrected chi connectivity index (χ1v) is 11.7. The largest absolute Gasteiger partial charge is 0.346 e. The molecule has 0 aliphatic heterocycles. The van der Waals surface area contributed by atoms with Gasteiger partial charge in [0.05, 0.1) is 6.04 Å². The number of nitrogens with one attached hydrogen (secondary N) is 1. The summed E-state index contributed by atoms with van der Waals surface area (Å²) < 4.78 is 0. The maximum Gasteiger partial charge on any atom is 0.251 e. The highest BCUT2D eigenvalue weighted by Crippen LogP contribution is 2.61. The van der Waals surface area contributed by atoms with E-state index in [4.69, 9.17) is 0 Å². The SMILES string of the molecule is C[C@H](NC(=O)c1cccc(C(=O)C2[C@@H](c3ccccc3)[C@@H]2c2ccccc2)c1)c1ccccc1. The number of Topliss-reactive ketones (excluding diaryl/α,β-unsaturated/α-hetero) is 1. The third-order valence-corrected chi connectivity index (χ3v) is 6.75. The molecule has 0 aromatic heterocycles. The molecule has 0 heterocycles. The number of rotatable bonds is 7. The van der Waals surface area contributed by atoms with E-state index in [-0.39, 0.29) is 35.5 Å². The minimum atomic E-state index is -0.180. The van der Waals surface area contributed by atoms with Crippen LogP contribution < -0.4 is 5.32 Å². The predicted molar refractivity (Wildman–Crippen MR) is 135 cm³/mol. The second kappa shape index (κ2) is 9.48. The summed E-state index contributed by atoms with van der Waals surface area (Å²) in [5, 5.41) is 3.04. The van der Waals surface area contributed by atoms with Gasteiger partial charge in [-0.1, -0.05) is 103 Å². The van der Waals surface area contributed by atoms with Crippen molar-refractivity contribution in [1.29, 1.82) is 0 Å². The second-order valence-corrected chi connectivity index (χ2v) is 8.95. The zero-order chi connectivity index (χ0) is 23.5. The Morgan fingerprint density at radius 2 is 1.15 bits per heavy atom. The molecule has 4 aromatic rings. The normalized spacial score (nSPS) is 19.7. The molecule has 1 N–H and O–H groups in total. The average molecular weight is 446 g/mol. The second-order valence-electron chi connectivity index (χ2n) is 8.95. The Labute approximate surface area is 200 Å². The van der Waals surface area contributed by atoms with E-state index in [1.165, 1.54) is 11.1 Å². The molecular weight excluding hydrogens is 418 g/mol. The monoisotopic (exact) mass is 445 g/mol.